The number of nitro benzene ring substituents is 1. The molecule has 0 saturated heterocycles. The summed E-state index contributed by atoms with van der Waals surface area (Å²) < 4.78 is 0. The summed E-state index contributed by atoms with van der Waals surface area (Å²) >= 11 is 2.97. The number of hydrogen-bond donors (Lipinski definition) is 0. The van der Waals surface area contributed by atoms with E-state index in [0.29, 0.717) is 11.8 Å². The van der Waals surface area contributed by atoms with Crippen molar-refractivity contribution in [2.75, 3.05) is 5.33 Å². The van der Waals surface area contributed by atoms with Crippen LogP contribution in [0.4, 0.5) is 5.69 Å². The highest BCUT2D eigenvalue weighted by atomic mass is 79.9. The Bertz CT molecular complexity index is 470. The average molecular weight is 286 g/mol. The van der Waals surface area contributed by atoms with E-state index in [4.69, 9.17) is 0 Å². The zero-order valence-corrected chi connectivity index (χ0v) is 9.98. The molecule has 0 radical (unpaired) electrons. The van der Waals surface area contributed by atoms with Gasteiger partial charge in [0.05, 0.1) is 10.3 Å². The molecule has 16 heavy (non-hydrogen) atoms. The molecule has 0 aliphatic carbocycles. The molecule has 1 aromatic rings. The molecule has 0 spiro atoms. The number of nitrogens with zero attached hydrogens (tertiary/aromatic N) is 1. The lowest BCUT2D eigenvalue weighted by Crippen LogP contribution is -2.07. The second-order valence-electron chi connectivity index (χ2n) is 3.16. The molecular weight excluding hydrogens is 278 g/mol. The van der Waals surface area contributed by atoms with Crippen LogP contribution < -0.4 is 0 Å². The number of carbonyl (C=O) groups is 2. The minimum atomic E-state index is -0.591. The third kappa shape index (κ3) is 2.33. The van der Waals surface area contributed by atoms with Crippen molar-refractivity contribution >= 4 is 33.7 Å². The van der Waals surface area contributed by atoms with E-state index < -0.39 is 4.92 Å². The van der Waals surface area contributed by atoms with Crippen LogP contribution in [0.2, 0.25) is 0 Å². The second kappa shape index (κ2) is 4.98. The van der Waals surface area contributed by atoms with Gasteiger partial charge in [-0.05, 0) is 12.5 Å². The monoisotopic (exact) mass is 285 g/mol. The first-order valence-corrected chi connectivity index (χ1v) is 5.46. The normalized spacial score (nSPS) is 9.88. The molecule has 0 aliphatic rings. The average Bonchev–Trinajstić information content (AvgIpc) is 2.26. The number of rotatable bonds is 4. The van der Waals surface area contributed by atoms with Crippen LogP contribution >= 0.6 is 15.9 Å². The van der Waals surface area contributed by atoms with Gasteiger partial charge in [0.1, 0.15) is 0 Å². The van der Waals surface area contributed by atoms with Crippen molar-refractivity contribution in [2.45, 2.75) is 6.92 Å². The van der Waals surface area contributed by atoms with E-state index in [2.05, 4.69) is 15.9 Å². The molecule has 0 bridgehead atoms. The first kappa shape index (κ1) is 12.5. The summed E-state index contributed by atoms with van der Waals surface area (Å²) in [5, 5.41) is 10.6. The summed E-state index contributed by atoms with van der Waals surface area (Å²) in [5.74, 6) is -0.353. The molecule has 0 aliphatic heterocycles. The van der Waals surface area contributed by atoms with Gasteiger partial charge in [0, 0.05) is 23.3 Å². The predicted molar refractivity (Wildman–Crippen MR) is 61.3 cm³/mol. The Morgan fingerprint density at radius 1 is 1.56 bits per heavy atom. The maximum Gasteiger partial charge on any atom is 0.270 e. The summed E-state index contributed by atoms with van der Waals surface area (Å²) in [6.07, 6.45) is 0.537. The first-order chi connectivity index (χ1) is 7.51. The van der Waals surface area contributed by atoms with E-state index in [1.165, 1.54) is 6.07 Å². The van der Waals surface area contributed by atoms with Gasteiger partial charge in [-0.1, -0.05) is 15.9 Å². The Morgan fingerprint density at radius 2 is 2.19 bits per heavy atom. The van der Waals surface area contributed by atoms with Gasteiger partial charge in [0.25, 0.3) is 5.69 Å². The molecule has 0 saturated carbocycles. The Hall–Kier alpha value is -1.56. The Morgan fingerprint density at radius 3 is 2.62 bits per heavy atom. The fraction of sp³-hybridized carbons (Fsp3) is 0.200. The fourth-order valence-corrected chi connectivity index (χ4v) is 1.65. The van der Waals surface area contributed by atoms with Gasteiger partial charge in [0.2, 0.25) is 0 Å². The molecule has 1 rings (SSSR count). The Kier molecular flexibility index (Phi) is 3.89. The number of aryl methyl sites for hydroxylation is 1. The van der Waals surface area contributed by atoms with Gasteiger partial charge >= 0.3 is 0 Å². The number of hydrogen-bond acceptors (Lipinski definition) is 4. The molecular formula is C10H8BrNO4. The summed E-state index contributed by atoms with van der Waals surface area (Å²) in [6, 6.07) is 2.40. The second-order valence-corrected chi connectivity index (χ2v) is 3.72. The van der Waals surface area contributed by atoms with Crippen molar-refractivity contribution in [3.8, 4) is 0 Å². The highest BCUT2D eigenvalue weighted by Gasteiger charge is 2.18. The van der Waals surface area contributed by atoms with E-state index in [9.17, 15) is 19.7 Å². The molecule has 0 amide bonds. The number of Topliss-reactive ketones (excluding diaryl/α,β-unsaturated/α-hetero) is 1. The van der Waals surface area contributed by atoms with Crippen LogP contribution in [0.5, 0.6) is 0 Å². The van der Waals surface area contributed by atoms with Crippen LogP contribution in [-0.2, 0) is 0 Å². The van der Waals surface area contributed by atoms with E-state index in [1.54, 1.807) is 6.92 Å². The standard InChI is InChI=1S/C10H8BrNO4/c1-6-2-7(12(15)16)3-8(9(6)5-13)10(14)4-11/h2-3,5H,4H2,1H3. The van der Waals surface area contributed by atoms with E-state index >= 15 is 0 Å². The fourth-order valence-electron chi connectivity index (χ4n) is 1.34. The number of carbonyl (C=O) groups excluding carboxylic acids is 2. The minimum absolute atomic E-state index is 0.0223. The molecule has 0 atom stereocenters. The maximum absolute atomic E-state index is 11.5. The zero-order valence-electron chi connectivity index (χ0n) is 8.40. The number of aldehydes is 1. The number of alkyl halides is 1. The van der Waals surface area contributed by atoms with Gasteiger partial charge in [-0.2, -0.15) is 0 Å². The van der Waals surface area contributed by atoms with Crippen molar-refractivity contribution in [1.29, 1.82) is 0 Å². The van der Waals surface area contributed by atoms with E-state index in [0.717, 1.165) is 6.07 Å². The van der Waals surface area contributed by atoms with Crippen LogP contribution in [0.15, 0.2) is 12.1 Å². The highest BCUT2D eigenvalue weighted by molar-refractivity contribution is 9.09. The predicted octanol–water partition coefficient (Wildman–Crippen LogP) is 2.29. The minimum Gasteiger partial charge on any atom is -0.298 e. The zero-order chi connectivity index (χ0) is 12.3. The summed E-state index contributed by atoms with van der Waals surface area (Å²) in [7, 11) is 0. The number of halogens is 1. The molecule has 0 fully saturated rings. The molecule has 0 unspecified atom stereocenters. The van der Waals surface area contributed by atoms with Gasteiger partial charge in [-0.25, -0.2) is 0 Å². The van der Waals surface area contributed by atoms with Crippen LogP contribution in [0.1, 0.15) is 26.3 Å². The Balaban J connectivity index is 3.48. The van der Waals surface area contributed by atoms with Crippen molar-refractivity contribution in [1.82, 2.24) is 0 Å². The lowest BCUT2D eigenvalue weighted by molar-refractivity contribution is -0.384. The molecule has 6 heteroatoms. The van der Waals surface area contributed by atoms with Crippen molar-refractivity contribution in [3.05, 3.63) is 38.9 Å². The number of nitro groups is 1. The van der Waals surface area contributed by atoms with E-state index in [1.807, 2.05) is 0 Å². The lowest BCUT2D eigenvalue weighted by Gasteiger charge is -2.05. The summed E-state index contributed by atoms with van der Waals surface area (Å²) in [5.41, 5.74) is 0.523. The van der Waals surface area contributed by atoms with Gasteiger partial charge < -0.3 is 0 Å². The van der Waals surface area contributed by atoms with E-state index in [-0.39, 0.29) is 27.9 Å². The van der Waals surface area contributed by atoms with Crippen molar-refractivity contribution in [2.24, 2.45) is 0 Å². The quantitative estimate of drug-likeness (QED) is 0.280. The van der Waals surface area contributed by atoms with Gasteiger partial charge in [-0.3, -0.25) is 19.7 Å². The lowest BCUT2D eigenvalue weighted by atomic mass is 9.99. The first-order valence-electron chi connectivity index (χ1n) is 4.34. The highest BCUT2D eigenvalue weighted by Crippen LogP contribution is 2.22. The largest absolute Gasteiger partial charge is 0.298 e. The third-order valence-electron chi connectivity index (χ3n) is 2.12. The molecule has 1 aromatic carbocycles. The molecule has 5 nitrogen and oxygen atoms in total. The van der Waals surface area contributed by atoms with Crippen LogP contribution in [0.25, 0.3) is 0 Å². The molecule has 0 aromatic heterocycles. The van der Waals surface area contributed by atoms with Crippen LogP contribution in [0, 0.1) is 17.0 Å². The number of non-ortho nitro benzene ring substituents is 1. The Labute approximate surface area is 99.7 Å². The van der Waals surface area contributed by atoms with Crippen LogP contribution in [-0.4, -0.2) is 22.3 Å². The van der Waals surface area contributed by atoms with Crippen LogP contribution in [0.3, 0.4) is 0 Å². The van der Waals surface area contributed by atoms with Crippen molar-refractivity contribution < 1.29 is 14.5 Å². The smallest absolute Gasteiger partial charge is 0.270 e. The SMILES string of the molecule is Cc1cc([N+](=O)[O-])cc(C(=O)CBr)c1C=O. The summed E-state index contributed by atoms with van der Waals surface area (Å²) in [6.45, 7) is 1.56. The topological polar surface area (TPSA) is 77.3 Å². The maximum atomic E-state index is 11.5. The van der Waals surface area contributed by atoms with Gasteiger partial charge in [0.15, 0.2) is 12.1 Å². The van der Waals surface area contributed by atoms with Crippen molar-refractivity contribution in [3.63, 3.8) is 0 Å². The number of ketones is 1. The molecule has 0 N–H and O–H groups in total. The number of benzene rings is 1. The molecule has 84 valence electrons. The molecule has 0 heterocycles. The third-order valence-corrected chi connectivity index (χ3v) is 2.63. The summed E-state index contributed by atoms with van der Waals surface area (Å²) in [4.78, 5) is 32.3. The van der Waals surface area contributed by atoms with Gasteiger partial charge in [-0.15, -0.1) is 0 Å².